The van der Waals surface area contributed by atoms with E-state index in [4.69, 9.17) is 0 Å². The van der Waals surface area contributed by atoms with Gasteiger partial charge in [-0.25, -0.2) is 13.6 Å². The van der Waals surface area contributed by atoms with Crippen LogP contribution in [0.25, 0.3) is 17.0 Å². The summed E-state index contributed by atoms with van der Waals surface area (Å²) in [5.74, 6) is -3.07. The standard InChI is InChI=1S/C24H23F2N3O3/c1-2-15-18-21(29(13-5-6-13)10-16(23(18)30)24(31)32)20(26)22(19(15)25)27-9-12-8-14-4-3-7-28(14)17(12)11-27/h2,8,10,13-14,17H,1,3-7,9,11H2,(H,31,32). The molecule has 1 aromatic heterocycles. The number of halogens is 2. The van der Waals surface area contributed by atoms with Crippen molar-refractivity contribution in [1.82, 2.24) is 9.47 Å². The van der Waals surface area contributed by atoms with Crippen LogP contribution in [0.3, 0.4) is 0 Å². The molecule has 2 atom stereocenters. The number of anilines is 1. The number of hydrogen-bond donors (Lipinski definition) is 1. The number of rotatable bonds is 4. The van der Waals surface area contributed by atoms with Gasteiger partial charge in [-0.15, -0.1) is 0 Å². The maximum atomic E-state index is 16.0. The minimum atomic E-state index is -1.41. The molecule has 4 heterocycles. The van der Waals surface area contributed by atoms with Crippen LogP contribution in [0.4, 0.5) is 14.5 Å². The quantitative estimate of drug-likeness (QED) is 0.739. The molecule has 0 radical (unpaired) electrons. The molecule has 2 saturated heterocycles. The first-order chi connectivity index (χ1) is 15.4. The van der Waals surface area contributed by atoms with Crippen LogP contribution in [0.15, 0.2) is 29.2 Å². The first-order valence-corrected chi connectivity index (χ1v) is 11.1. The molecule has 32 heavy (non-hydrogen) atoms. The molecule has 1 aromatic carbocycles. The van der Waals surface area contributed by atoms with Gasteiger partial charge in [0.15, 0.2) is 11.6 Å². The van der Waals surface area contributed by atoms with Gasteiger partial charge < -0.3 is 14.6 Å². The van der Waals surface area contributed by atoms with Gasteiger partial charge in [-0.05, 0) is 37.8 Å². The van der Waals surface area contributed by atoms with Crippen molar-refractivity contribution in [2.45, 2.75) is 43.8 Å². The summed E-state index contributed by atoms with van der Waals surface area (Å²) in [6, 6.07) is 0.485. The van der Waals surface area contributed by atoms with Crippen molar-refractivity contribution in [2.24, 2.45) is 0 Å². The number of pyridine rings is 1. The zero-order valence-corrected chi connectivity index (χ0v) is 17.5. The number of carbonyl (C=O) groups is 1. The van der Waals surface area contributed by atoms with Gasteiger partial charge in [-0.2, -0.15) is 0 Å². The number of carboxylic acids is 1. The Morgan fingerprint density at radius 1 is 1.22 bits per heavy atom. The number of aromatic nitrogens is 1. The minimum absolute atomic E-state index is 0.0288. The third-order valence-electron chi connectivity index (χ3n) is 7.40. The van der Waals surface area contributed by atoms with E-state index >= 15 is 8.78 Å². The second-order valence-corrected chi connectivity index (χ2v) is 9.22. The Labute approximate surface area is 183 Å². The van der Waals surface area contributed by atoms with E-state index in [1.807, 2.05) is 0 Å². The van der Waals surface area contributed by atoms with E-state index in [0.29, 0.717) is 19.1 Å². The van der Waals surface area contributed by atoms with Crippen LogP contribution in [0, 0.1) is 11.6 Å². The number of benzene rings is 1. The van der Waals surface area contributed by atoms with E-state index in [9.17, 15) is 14.7 Å². The lowest BCUT2D eigenvalue weighted by Gasteiger charge is -2.27. The summed E-state index contributed by atoms with van der Waals surface area (Å²) in [5, 5.41) is 9.26. The van der Waals surface area contributed by atoms with Crippen LogP contribution >= 0.6 is 0 Å². The molecule has 4 aliphatic rings. The minimum Gasteiger partial charge on any atom is -0.477 e. The Morgan fingerprint density at radius 3 is 2.69 bits per heavy atom. The summed E-state index contributed by atoms with van der Waals surface area (Å²) in [6.45, 7) is 5.56. The molecule has 2 aromatic rings. The molecule has 1 saturated carbocycles. The van der Waals surface area contributed by atoms with E-state index in [2.05, 4.69) is 17.6 Å². The van der Waals surface area contributed by atoms with Crippen molar-refractivity contribution in [3.63, 3.8) is 0 Å². The molecule has 1 aliphatic carbocycles. The Morgan fingerprint density at radius 2 is 2.00 bits per heavy atom. The zero-order chi connectivity index (χ0) is 22.3. The second-order valence-electron chi connectivity index (χ2n) is 9.22. The number of aromatic carboxylic acids is 1. The van der Waals surface area contributed by atoms with Crippen molar-refractivity contribution in [1.29, 1.82) is 0 Å². The Bertz CT molecular complexity index is 1290. The molecule has 1 N–H and O–H groups in total. The third kappa shape index (κ3) is 2.59. The largest absolute Gasteiger partial charge is 0.477 e. The van der Waals surface area contributed by atoms with Crippen molar-refractivity contribution in [2.75, 3.05) is 24.5 Å². The van der Waals surface area contributed by atoms with Gasteiger partial charge in [0.25, 0.3) is 0 Å². The SMILES string of the molecule is C=Cc1c(F)c(N2CC3=CC4CCCN4C3C2)c(F)c2c1c(=O)c(C(=O)O)cn2C1CC1. The highest BCUT2D eigenvalue weighted by Crippen LogP contribution is 2.43. The van der Waals surface area contributed by atoms with Crippen molar-refractivity contribution < 1.29 is 18.7 Å². The lowest BCUT2D eigenvalue weighted by Crippen LogP contribution is -2.37. The molecule has 3 aliphatic heterocycles. The number of hydrogen-bond acceptors (Lipinski definition) is 4. The smallest absolute Gasteiger partial charge is 0.341 e. The molecular formula is C24H23F2N3O3. The monoisotopic (exact) mass is 439 g/mol. The summed E-state index contributed by atoms with van der Waals surface area (Å²) in [6.07, 6.45) is 8.39. The summed E-state index contributed by atoms with van der Waals surface area (Å²) in [5.41, 5.74) is -0.502. The van der Waals surface area contributed by atoms with Crippen molar-refractivity contribution >= 4 is 28.6 Å². The fourth-order valence-electron chi connectivity index (χ4n) is 5.81. The predicted molar refractivity (Wildman–Crippen MR) is 117 cm³/mol. The summed E-state index contributed by atoms with van der Waals surface area (Å²) < 4.78 is 33.3. The maximum absolute atomic E-state index is 16.0. The summed E-state index contributed by atoms with van der Waals surface area (Å²) >= 11 is 0. The van der Waals surface area contributed by atoms with E-state index in [1.54, 1.807) is 4.90 Å². The van der Waals surface area contributed by atoms with Gasteiger partial charge in [0, 0.05) is 36.9 Å². The Kier molecular flexibility index (Phi) is 4.15. The fourth-order valence-corrected chi connectivity index (χ4v) is 5.81. The summed E-state index contributed by atoms with van der Waals surface area (Å²) in [4.78, 5) is 28.7. The van der Waals surface area contributed by atoms with Gasteiger partial charge >= 0.3 is 5.97 Å². The lowest BCUT2D eigenvalue weighted by atomic mass is 10.0. The average molecular weight is 439 g/mol. The number of carboxylic acid groups (broad SMARTS) is 1. The Hall–Kier alpha value is -3.00. The van der Waals surface area contributed by atoms with Crippen LogP contribution in [-0.2, 0) is 0 Å². The third-order valence-corrected chi connectivity index (χ3v) is 7.40. The van der Waals surface area contributed by atoms with Gasteiger partial charge in [-0.3, -0.25) is 9.69 Å². The van der Waals surface area contributed by atoms with Gasteiger partial charge in [0.1, 0.15) is 11.3 Å². The highest BCUT2D eigenvalue weighted by atomic mass is 19.1. The van der Waals surface area contributed by atoms with E-state index in [1.165, 1.54) is 22.4 Å². The average Bonchev–Trinajstić information content (AvgIpc) is 3.23. The molecule has 0 bridgehead atoms. The topological polar surface area (TPSA) is 65.8 Å². The highest BCUT2D eigenvalue weighted by Gasteiger charge is 2.44. The van der Waals surface area contributed by atoms with Crippen molar-refractivity contribution in [3.05, 3.63) is 57.4 Å². The van der Waals surface area contributed by atoms with Crippen molar-refractivity contribution in [3.8, 4) is 0 Å². The molecule has 2 unspecified atom stereocenters. The van der Waals surface area contributed by atoms with Crippen LogP contribution in [0.5, 0.6) is 0 Å². The van der Waals surface area contributed by atoms with Crippen LogP contribution < -0.4 is 10.3 Å². The zero-order valence-electron chi connectivity index (χ0n) is 17.5. The second kappa shape index (κ2) is 6.75. The highest BCUT2D eigenvalue weighted by molar-refractivity contribution is 5.98. The molecule has 6 rings (SSSR count). The van der Waals surface area contributed by atoms with E-state index < -0.39 is 28.6 Å². The first-order valence-electron chi connectivity index (χ1n) is 11.1. The van der Waals surface area contributed by atoms with Crippen LogP contribution in [-0.4, -0.2) is 52.3 Å². The summed E-state index contributed by atoms with van der Waals surface area (Å²) in [7, 11) is 0. The number of fused-ring (bicyclic) bond motifs is 4. The number of nitrogens with zero attached hydrogens (tertiary/aromatic N) is 3. The fraction of sp³-hybridized carbons (Fsp3) is 0.417. The maximum Gasteiger partial charge on any atom is 0.341 e. The molecule has 3 fully saturated rings. The van der Waals surface area contributed by atoms with Crippen LogP contribution in [0.1, 0.15) is 47.6 Å². The normalized spacial score (nSPS) is 24.7. The molecular weight excluding hydrogens is 416 g/mol. The predicted octanol–water partition coefficient (Wildman–Crippen LogP) is 3.55. The first kappa shape index (κ1) is 19.7. The van der Waals surface area contributed by atoms with Crippen LogP contribution in [0.2, 0.25) is 0 Å². The molecule has 0 spiro atoms. The Balaban J connectivity index is 1.58. The van der Waals surface area contributed by atoms with Gasteiger partial charge in [0.05, 0.1) is 16.9 Å². The van der Waals surface area contributed by atoms with Gasteiger partial charge in [-0.1, -0.05) is 18.7 Å². The lowest BCUT2D eigenvalue weighted by molar-refractivity contribution is 0.0694. The molecule has 6 nitrogen and oxygen atoms in total. The molecule has 0 amide bonds. The van der Waals surface area contributed by atoms with E-state index in [-0.39, 0.29) is 34.2 Å². The molecule has 166 valence electrons. The molecule has 8 heteroatoms. The van der Waals surface area contributed by atoms with E-state index in [0.717, 1.165) is 32.2 Å². The van der Waals surface area contributed by atoms with Gasteiger partial charge in [0.2, 0.25) is 5.43 Å².